The highest BCUT2D eigenvalue weighted by molar-refractivity contribution is 7.86. The van der Waals surface area contributed by atoms with Crippen molar-refractivity contribution in [2.75, 3.05) is 13.2 Å². The van der Waals surface area contributed by atoms with E-state index in [1.807, 2.05) is 25.1 Å². The Morgan fingerprint density at radius 1 is 1.00 bits per heavy atom. The number of rotatable bonds is 5. The molecule has 1 aliphatic rings. The Bertz CT molecular complexity index is 1180. The van der Waals surface area contributed by atoms with Gasteiger partial charge in [-0.15, -0.1) is 0 Å². The Balaban J connectivity index is 1.57. The van der Waals surface area contributed by atoms with Crippen LogP contribution in [-0.4, -0.2) is 27.7 Å². The number of ether oxygens (including phenoxy) is 2. The zero-order valence-corrected chi connectivity index (χ0v) is 18.3. The van der Waals surface area contributed by atoms with Gasteiger partial charge in [-0.2, -0.15) is 8.42 Å². The van der Waals surface area contributed by atoms with Crippen molar-refractivity contribution in [2.24, 2.45) is 0 Å². The van der Waals surface area contributed by atoms with Crippen molar-refractivity contribution >= 4 is 33.3 Å². The van der Waals surface area contributed by atoms with Gasteiger partial charge in [0.05, 0.1) is 9.92 Å². The van der Waals surface area contributed by atoms with E-state index in [1.54, 1.807) is 30.3 Å². The summed E-state index contributed by atoms with van der Waals surface area (Å²) in [6.07, 6.45) is -0.641. The fourth-order valence-corrected chi connectivity index (χ4v) is 4.51. The first kappa shape index (κ1) is 21.0. The van der Waals surface area contributed by atoms with Crippen LogP contribution in [0.1, 0.15) is 5.56 Å². The minimum Gasteiger partial charge on any atom is -0.486 e. The van der Waals surface area contributed by atoms with Crippen molar-refractivity contribution in [2.45, 2.75) is 17.9 Å². The third-order valence-electron chi connectivity index (χ3n) is 4.64. The number of halogens is 2. The molecule has 0 aliphatic carbocycles. The van der Waals surface area contributed by atoms with Crippen LogP contribution in [0.3, 0.4) is 0 Å². The van der Waals surface area contributed by atoms with Crippen molar-refractivity contribution in [1.29, 1.82) is 0 Å². The van der Waals surface area contributed by atoms with Gasteiger partial charge in [0, 0.05) is 16.1 Å². The second-order valence-electron chi connectivity index (χ2n) is 6.83. The minimum atomic E-state index is -3.91. The van der Waals surface area contributed by atoms with Gasteiger partial charge in [0.2, 0.25) is 0 Å². The second kappa shape index (κ2) is 8.47. The molecule has 0 N–H and O–H groups in total. The van der Waals surface area contributed by atoms with Gasteiger partial charge in [-0.05, 0) is 37.3 Å². The molecule has 0 unspecified atom stereocenters. The molecule has 8 heteroatoms. The summed E-state index contributed by atoms with van der Waals surface area (Å²) in [5.41, 5.74) is 2.24. The van der Waals surface area contributed by atoms with Crippen molar-refractivity contribution in [3.63, 3.8) is 0 Å². The van der Waals surface area contributed by atoms with E-state index in [1.165, 1.54) is 12.1 Å². The molecule has 0 spiro atoms. The van der Waals surface area contributed by atoms with Gasteiger partial charge in [-0.25, -0.2) is 0 Å². The smallest absolute Gasteiger partial charge is 0.297 e. The fourth-order valence-electron chi connectivity index (χ4n) is 3.09. The van der Waals surface area contributed by atoms with Crippen LogP contribution in [0.2, 0.25) is 10.0 Å². The summed E-state index contributed by atoms with van der Waals surface area (Å²) in [6.45, 7) is 1.81. The number of aryl methyl sites for hydroxylation is 1. The van der Waals surface area contributed by atoms with Crippen LogP contribution >= 0.6 is 23.2 Å². The molecule has 0 amide bonds. The van der Waals surface area contributed by atoms with Crippen molar-refractivity contribution in [3.8, 4) is 22.6 Å². The molecule has 30 heavy (non-hydrogen) atoms. The number of fused-ring (bicyclic) bond motifs is 1. The molecule has 3 aromatic carbocycles. The molecule has 0 bridgehead atoms. The van der Waals surface area contributed by atoms with Crippen LogP contribution in [0.5, 0.6) is 11.5 Å². The summed E-state index contributed by atoms with van der Waals surface area (Å²) in [6, 6.07) is 17.1. The first-order valence-corrected chi connectivity index (χ1v) is 11.3. The molecule has 0 radical (unpaired) electrons. The molecule has 0 aromatic heterocycles. The molecule has 1 atom stereocenters. The van der Waals surface area contributed by atoms with E-state index in [-0.39, 0.29) is 18.1 Å². The average Bonchev–Trinajstić information content (AvgIpc) is 2.73. The van der Waals surface area contributed by atoms with Gasteiger partial charge in [0.25, 0.3) is 10.1 Å². The minimum absolute atomic E-state index is 0.0880. The molecule has 1 heterocycles. The molecule has 0 saturated carbocycles. The highest BCUT2D eigenvalue weighted by Crippen LogP contribution is 2.47. The van der Waals surface area contributed by atoms with Crippen molar-refractivity contribution in [1.82, 2.24) is 0 Å². The molecular formula is C22H18Cl2O5S. The molecule has 1 aliphatic heterocycles. The normalized spacial score (nSPS) is 15.8. The highest BCUT2D eigenvalue weighted by atomic mass is 35.5. The maximum absolute atomic E-state index is 12.5. The Hall–Kier alpha value is -2.25. The van der Waals surface area contributed by atoms with Crippen LogP contribution in [-0.2, 0) is 14.3 Å². The molecule has 4 rings (SSSR count). The van der Waals surface area contributed by atoms with Gasteiger partial charge in [-0.3, -0.25) is 4.18 Å². The number of hydrogen-bond donors (Lipinski definition) is 0. The molecule has 3 aromatic rings. The van der Waals surface area contributed by atoms with E-state index < -0.39 is 16.2 Å². The van der Waals surface area contributed by atoms with Crippen LogP contribution in [0.25, 0.3) is 11.1 Å². The number of benzene rings is 3. The predicted molar refractivity (Wildman–Crippen MR) is 116 cm³/mol. The Morgan fingerprint density at radius 2 is 1.73 bits per heavy atom. The lowest BCUT2D eigenvalue weighted by Crippen LogP contribution is -2.34. The Kier molecular flexibility index (Phi) is 5.93. The van der Waals surface area contributed by atoms with Gasteiger partial charge < -0.3 is 9.47 Å². The van der Waals surface area contributed by atoms with E-state index in [2.05, 4.69) is 0 Å². The van der Waals surface area contributed by atoms with Crippen molar-refractivity contribution in [3.05, 3.63) is 76.3 Å². The van der Waals surface area contributed by atoms with Gasteiger partial charge >= 0.3 is 0 Å². The first-order chi connectivity index (χ1) is 14.3. The Morgan fingerprint density at radius 3 is 2.47 bits per heavy atom. The van der Waals surface area contributed by atoms with Crippen molar-refractivity contribution < 1.29 is 22.1 Å². The lowest BCUT2D eigenvalue weighted by molar-refractivity contribution is 0.0561. The summed E-state index contributed by atoms with van der Waals surface area (Å²) in [5, 5.41) is 0.955. The average molecular weight is 465 g/mol. The summed E-state index contributed by atoms with van der Waals surface area (Å²) in [4.78, 5) is 0.0880. The van der Waals surface area contributed by atoms with E-state index in [0.717, 1.165) is 5.56 Å². The molecule has 5 nitrogen and oxygen atoms in total. The van der Waals surface area contributed by atoms with Gasteiger partial charge in [-0.1, -0.05) is 59.1 Å². The summed E-state index contributed by atoms with van der Waals surface area (Å²) in [7, 11) is -3.91. The van der Waals surface area contributed by atoms with E-state index in [4.69, 9.17) is 36.9 Å². The van der Waals surface area contributed by atoms with E-state index >= 15 is 0 Å². The zero-order chi connectivity index (χ0) is 21.3. The van der Waals surface area contributed by atoms with Crippen LogP contribution in [0.15, 0.2) is 65.6 Å². The third-order valence-corrected chi connectivity index (χ3v) is 6.58. The van der Waals surface area contributed by atoms with E-state index in [0.29, 0.717) is 32.7 Å². The van der Waals surface area contributed by atoms with Crippen LogP contribution < -0.4 is 9.47 Å². The number of hydrogen-bond acceptors (Lipinski definition) is 5. The fraction of sp³-hybridized carbons (Fsp3) is 0.182. The summed E-state index contributed by atoms with van der Waals surface area (Å²) in [5.74, 6) is 0.912. The molecule has 0 fully saturated rings. The lowest BCUT2D eigenvalue weighted by atomic mass is 10.0. The lowest BCUT2D eigenvalue weighted by Gasteiger charge is -2.28. The zero-order valence-electron chi connectivity index (χ0n) is 16.0. The summed E-state index contributed by atoms with van der Waals surface area (Å²) < 4.78 is 42.0. The highest BCUT2D eigenvalue weighted by Gasteiger charge is 2.28. The van der Waals surface area contributed by atoms with Crippen LogP contribution in [0.4, 0.5) is 0 Å². The van der Waals surface area contributed by atoms with Crippen LogP contribution in [0, 0.1) is 6.92 Å². The predicted octanol–water partition coefficient (Wildman–Crippen LogP) is 5.51. The Labute approximate surface area is 185 Å². The summed E-state index contributed by atoms with van der Waals surface area (Å²) >= 11 is 12.8. The maximum atomic E-state index is 12.5. The second-order valence-corrected chi connectivity index (χ2v) is 9.26. The maximum Gasteiger partial charge on any atom is 0.297 e. The first-order valence-electron chi connectivity index (χ1n) is 9.18. The quantitative estimate of drug-likeness (QED) is 0.465. The molecular weight excluding hydrogens is 447 g/mol. The van der Waals surface area contributed by atoms with E-state index in [9.17, 15) is 8.42 Å². The standard InChI is InChI=1S/C22H18Cl2O5S/c1-14-6-8-16(9-7-14)30(25,26)28-13-15-12-27-20-11-10-19(24)21(22(20)29-15)17-4-2-3-5-18(17)23/h2-11,15H,12-13H2,1H3/t15-/m1/s1. The third kappa shape index (κ3) is 4.27. The largest absolute Gasteiger partial charge is 0.486 e. The SMILES string of the molecule is Cc1ccc(S(=O)(=O)OC[C@H]2COc3ccc(Cl)c(-c4ccccc4Cl)c3O2)cc1. The molecule has 0 saturated heterocycles. The van der Waals surface area contributed by atoms with Gasteiger partial charge in [0.15, 0.2) is 17.6 Å². The topological polar surface area (TPSA) is 61.8 Å². The molecule has 156 valence electrons. The van der Waals surface area contributed by atoms with Gasteiger partial charge in [0.1, 0.15) is 13.2 Å². The monoisotopic (exact) mass is 464 g/mol.